The zero-order valence-electron chi connectivity index (χ0n) is 15.1. The number of carbonyl (C=O) groups is 1. The van der Waals surface area contributed by atoms with E-state index in [9.17, 15) is 4.79 Å². The Morgan fingerprint density at radius 3 is 2.66 bits per heavy atom. The van der Waals surface area contributed by atoms with Crippen LogP contribution in [0.4, 0.5) is 5.82 Å². The van der Waals surface area contributed by atoms with Crippen molar-refractivity contribution in [2.24, 2.45) is 0 Å². The molecule has 146 valence electrons. The Balaban J connectivity index is 1.48. The molecule has 7 nitrogen and oxygen atoms in total. The first-order valence-corrected chi connectivity index (χ1v) is 9.60. The number of rotatable bonds is 6. The molecule has 29 heavy (non-hydrogen) atoms. The molecule has 9 heteroatoms. The summed E-state index contributed by atoms with van der Waals surface area (Å²) in [4.78, 5) is 20.6. The van der Waals surface area contributed by atoms with Crippen molar-refractivity contribution in [3.8, 4) is 5.69 Å². The maximum absolute atomic E-state index is 12.2. The van der Waals surface area contributed by atoms with Gasteiger partial charge in [0, 0.05) is 6.42 Å². The van der Waals surface area contributed by atoms with Gasteiger partial charge >= 0.3 is 0 Å². The van der Waals surface area contributed by atoms with Crippen LogP contribution in [-0.4, -0.2) is 25.7 Å². The molecule has 2 aromatic heterocycles. The van der Waals surface area contributed by atoms with Crippen LogP contribution in [0.15, 0.2) is 61.1 Å². The molecule has 4 rings (SSSR count). The lowest BCUT2D eigenvalue weighted by molar-refractivity contribution is -0.120. The summed E-state index contributed by atoms with van der Waals surface area (Å²) in [6.07, 6.45) is 4.03. The summed E-state index contributed by atoms with van der Waals surface area (Å²) in [7, 11) is 0. The van der Waals surface area contributed by atoms with Crippen molar-refractivity contribution < 1.29 is 4.79 Å². The van der Waals surface area contributed by atoms with Gasteiger partial charge in [0.2, 0.25) is 5.91 Å². The molecule has 0 fully saturated rings. The van der Waals surface area contributed by atoms with Gasteiger partial charge in [-0.1, -0.05) is 53.5 Å². The van der Waals surface area contributed by atoms with E-state index in [-0.39, 0.29) is 5.91 Å². The van der Waals surface area contributed by atoms with Crippen LogP contribution in [0.1, 0.15) is 12.0 Å². The highest BCUT2D eigenvalue weighted by atomic mass is 35.5. The van der Waals surface area contributed by atoms with Crippen molar-refractivity contribution in [3.05, 3.63) is 76.7 Å². The number of aryl methyl sites for hydroxylation is 1. The number of amides is 1. The number of nitrogens with zero attached hydrogens (tertiary/aromatic N) is 4. The zero-order chi connectivity index (χ0) is 20.2. The van der Waals surface area contributed by atoms with Crippen molar-refractivity contribution in [1.82, 2.24) is 25.2 Å². The van der Waals surface area contributed by atoms with Crippen LogP contribution in [0.2, 0.25) is 10.0 Å². The molecule has 1 amide bonds. The molecule has 2 N–H and O–H groups in total. The fraction of sp³-hybridized carbons (Fsp3) is 0.100. The molecule has 0 aliphatic rings. The minimum absolute atomic E-state index is 0.141. The van der Waals surface area contributed by atoms with Gasteiger partial charge in [0.05, 0.1) is 27.3 Å². The summed E-state index contributed by atoms with van der Waals surface area (Å²) in [6.45, 7) is 0. The predicted octanol–water partition coefficient (Wildman–Crippen LogP) is 4.20. The molecule has 0 spiro atoms. The first kappa shape index (κ1) is 19.2. The second-order valence-corrected chi connectivity index (χ2v) is 7.09. The summed E-state index contributed by atoms with van der Waals surface area (Å²) in [5.41, 5.74) is 7.92. The number of hydrazine groups is 1. The molecule has 0 radical (unpaired) electrons. The summed E-state index contributed by atoms with van der Waals surface area (Å²) >= 11 is 12.1. The predicted molar refractivity (Wildman–Crippen MR) is 113 cm³/mol. The van der Waals surface area contributed by atoms with Gasteiger partial charge in [0.15, 0.2) is 11.5 Å². The van der Waals surface area contributed by atoms with E-state index in [0.29, 0.717) is 45.4 Å². The van der Waals surface area contributed by atoms with Gasteiger partial charge in [-0.2, -0.15) is 5.10 Å². The molecule has 0 saturated heterocycles. The highest BCUT2D eigenvalue weighted by Gasteiger charge is 2.13. The normalized spacial score (nSPS) is 10.8. The monoisotopic (exact) mass is 426 g/mol. The molecule has 0 unspecified atom stereocenters. The molecule has 0 bridgehead atoms. The van der Waals surface area contributed by atoms with E-state index in [0.717, 1.165) is 5.56 Å². The number of hydrogen-bond acceptors (Lipinski definition) is 5. The minimum atomic E-state index is -0.141. The van der Waals surface area contributed by atoms with Gasteiger partial charge in [-0.15, -0.1) is 0 Å². The number of aromatic nitrogens is 4. The second kappa shape index (κ2) is 8.46. The number of nitrogens with one attached hydrogen (secondary N) is 2. The van der Waals surface area contributed by atoms with Crippen LogP contribution in [0.5, 0.6) is 0 Å². The molecule has 0 aliphatic heterocycles. The largest absolute Gasteiger partial charge is 0.281 e. The van der Waals surface area contributed by atoms with E-state index in [2.05, 4.69) is 25.9 Å². The fourth-order valence-electron chi connectivity index (χ4n) is 2.84. The average Bonchev–Trinajstić information content (AvgIpc) is 3.18. The molecular formula is C20H16Cl2N6O. The van der Waals surface area contributed by atoms with E-state index in [1.165, 1.54) is 6.33 Å². The highest BCUT2D eigenvalue weighted by molar-refractivity contribution is 6.42. The van der Waals surface area contributed by atoms with Crippen LogP contribution in [0, 0.1) is 0 Å². The van der Waals surface area contributed by atoms with Crippen LogP contribution >= 0.6 is 23.2 Å². The lowest BCUT2D eigenvalue weighted by Crippen LogP contribution is -2.30. The molecule has 0 saturated carbocycles. The molecule has 4 aromatic rings. The number of hydrogen-bond donors (Lipinski definition) is 2. The third-order valence-corrected chi connectivity index (χ3v) is 5.06. The Hall–Kier alpha value is -3.16. The van der Waals surface area contributed by atoms with E-state index in [1.807, 2.05) is 30.3 Å². The quantitative estimate of drug-likeness (QED) is 0.451. The molecular weight excluding hydrogens is 411 g/mol. The molecule has 2 aromatic carbocycles. The maximum atomic E-state index is 12.2. The van der Waals surface area contributed by atoms with E-state index in [4.69, 9.17) is 23.2 Å². The molecule has 2 heterocycles. The van der Waals surface area contributed by atoms with Crippen LogP contribution in [0.25, 0.3) is 16.7 Å². The summed E-state index contributed by atoms with van der Waals surface area (Å²) < 4.78 is 1.63. The lowest BCUT2D eigenvalue weighted by Gasteiger charge is -2.09. The van der Waals surface area contributed by atoms with E-state index >= 15 is 0 Å². The first-order chi connectivity index (χ1) is 14.1. The number of carbonyl (C=O) groups excluding carboxylic acids is 1. The smallest absolute Gasteiger partial charge is 0.238 e. The topological polar surface area (TPSA) is 84.7 Å². The van der Waals surface area contributed by atoms with Crippen molar-refractivity contribution in [2.75, 3.05) is 5.43 Å². The standard InChI is InChI=1S/C20H16Cl2N6O/c21-16-8-7-14(10-17(16)22)28-20-15(11-25-28)19(23-12-24-20)27-26-18(29)9-6-13-4-2-1-3-5-13/h1-5,7-8,10-12H,6,9H2,(H,26,29)(H,23,24,27). The Labute approximate surface area is 176 Å². The van der Waals surface area contributed by atoms with E-state index < -0.39 is 0 Å². The first-order valence-electron chi connectivity index (χ1n) is 8.85. The number of halogens is 2. The lowest BCUT2D eigenvalue weighted by atomic mass is 10.1. The van der Waals surface area contributed by atoms with Gasteiger partial charge in [-0.3, -0.25) is 15.6 Å². The van der Waals surface area contributed by atoms with Gasteiger partial charge in [0.1, 0.15) is 6.33 Å². The van der Waals surface area contributed by atoms with Gasteiger partial charge < -0.3 is 0 Å². The Bertz CT molecular complexity index is 1160. The molecule has 0 atom stereocenters. The van der Waals surface area contributed by atoms with Crippen LogP contribution in [0.3, 0.4) is 0 Å². The van der Waals surface area contributed by atoms with Crippen LogP contribution < -0.4 is 10.9 Å². The zero-order valence-corrected chi connectivity index (χ0v) is 16.7. The van der Waals surface area contributed by atoms with Crippen molar-refractivity contribution in [1.29, 1.82) is 0 Å². The van der Waals surface area contributed by atoms with Crippen molar-refractivity contribution in [2.45, 2.75) is 12.8 Å². The van der Waals surface area contributed by atoms with Gasteiger partial charge in [-0.05, 0) is 30.2 Å². The summed E-state index contributed by atoms with van der Waals surface area (Å²) in [5, 5.41) is 5.90. The van der Waals surface area contributed by atoms with Crippen molar-refractivity contribution >= 4 is 46.0 Å². The SMILES string of the molecule is O=C(CCc1ccccc1)NNc1ncnc2c1cnn2-c1ccc(Cl)c(Cl)c1. The third kappa shape index (κ3) is 4.31. The number of benzene rings is 2. The highest BCUT2D eigenvalue weighted by Crippen LogP contribution is 2.26. The Morgan fingerprint density at radius 1 is 1.03 bits per heavy atom. The van der Waals surface area contributed by atoms with E-state index in [1.54, 1.807) is 29.1 Å². The van der Waals surface area contributed by atoms with Gasteiger partial charge in [-0.25, -0.2) is 14.6 Å². The number of fused-ring (bicyclic) bond motifs is 1. The number of anilines is 1. The summed E-state index contributed by atoms with van der Waals surface area (Å²) in [6, 6.07) is 15.0. The minimum Gasteiger partial charge on any atom is -0.281 e. The Morgan fingerprint density at radius 2 is 1.86 bits per heavy atom. The molecule has 0 aliphatic carbocycles. The third-order valence-electron chi connectivity index (χ3n) is 4.32. The fourth-order valence-corrected chi connectivity index (χ4v) is 3.14. The maximum Gasteiger partial charge on any atom is 0.238 e. The Kier molecular flexibility index (Phi) is 5.59. The summed E-state index contributed by atoms with van der Waals surface area (Å²) in [5.74, 6) is 0.312. The van der Waals surface area contributed by atoms with Crippen LogP contribution in [-0.2, 0) is 11.2 Å². The second-order valence-electron chi connectivity index (χ2n) is 6.27. The van der Waals surface area contributed by atoms with Gasteiger partial charge in [0.25, 0.3) is 0 Å². The van der Waals surface area contributed by atoms with Crippen molar-refractivity contribution in [3.63, 3.8) is 0 Å². The average molecular weight is 427 g/mol.